The van der Waals surface area contributed by atoms with Gasteiger partial charge in [-0.25, -0.2) is 0 Å². The number of nitriles is 1. The van der Waals surface area contributed by atoms with Gasteiger partial charge in [-0.1, -0.05) is 12.1 Å². The van der Waals surface area contributed by atoms with Crippen LogP contribution in [0.3, 0.4) is 0 Å². The third-order valence-electron chi connectivity index (χ3n) is 3.61. The van der Waals surface area contributed by atoms with Crippen LogP contribution in [0.15, 0.2) is 54.2 Å². The van der Waals surface area contributed by atoms with Crippen LogP contribution in [0.25, 0.3) is 0 Å². The summed E-state index contributed by atoms with van der Waals surface area (Å²) in [5.74, 6) is -0.909. The first-order chi connectivity index (χ1) is 13.7. The van der Waals surface area contributed by atoms with Gasteiger partial charge in [-0.05, 0) is 18.2 Å². The number of nitrogens with one attached hydrogen (secondary N) is 2. The quantitative estimate of drug-likeness (QED) is 0.323. The molecule has 2 aromatic carbocycles. The van der Waals surface area contributed by atoms with Gasteiger partial charge in [0.1, 0.15) is 17.4 Å². The monoisotopic (exact) mass is 406 g/mol. The number of methoxy groups -OCH3 is 1. The van der Waals surface area contributed by atoms with Crippen LogP contribution in [0.5, 0.6) is 5.75 Å². The number of nitro groups is 1. The van der Waals surface area contributed by atoms with E-state index in [1.54, 1.807) is 6.07 Å². The predicted octanol–water partition coefficient (Wildman–Crippen LogP) is 4.08. The molecule has 1 amide bonds. The third-order valence-corrected chi connectivity index (χ3v) is 3.61. The van der Waals surface area contributed by atoms with Crippen LogP contribution in [0.1, 0.15) is 5.56 Å². The molecule has 0 aliphatic rings. The molecule has 2 N–H and O–H groups in total. The normalized spacial score (nSPS) is 11.3. The number of carbonyl (C=O) groups is 1. The highest BCUT2D eigenvalue weighted by Gasteiger charge is 2.33. The van der Waals surface area contributed by atoms with Crippen molar-refractivity contribution in [3.05, 3.63) is 69.9 Å². The molecule has 0 bridgehead atoms. The highest BCUT2D eigenvalue weighted by Crippen LogP contribution is 2.34. The Kier molecular flexibility index (Phi) is 6.40. The summed E-state index contributed by atoms with van der Waals surface area (Å²) in [6.45, 7) is 0. The number of para-hydroxylation sites is 1. The maximum atomic E-state index is 13.0. The molecule has 0 spiro atoms. The fourth-order valence-electron chi connectivity index (χ4n) is 2.25. The zero-order valence-electron chi connectivity index (χ0n) is 14.8. The molecule has 0 saturated carbocycles. The van der Waals surface area contributed by atoms with Crippen molar-refractivity contribution in [1.82, 2.24) is 0 Å². The molecule has 8 nitrogen and oxygen atoms in total. The molecule has 11 heteroatoms. The minimum absolute atomic E-state index is 0.0814. The number of halogens is 3. The lowest BCUT2D eigenvalue weighted by Gasteiger charge is -2.13. The van der Waals surface area contributed by atoms with Crippen molar-refractivity contribution in [2.75, 3.05) is 17.7 Å². The smallest absolute Gasteiger partial charge is 0.418 e. The standard InChI is InChI=1S/C18H13F3N4O4/c1-29-16-7-6-12(25(27)28)8-15(16)23-10-11(9-22)17(26)24-14-5-3-2-4-13(14)18(19,20)21/h2-8,10,23H,1H3,(H,24,26)/b11-10-. The van der Waals surface area contributed by atoms with Crippen molar-refractivity contribution in [2.24, 2.45) is 0 Å². The number of anilines is 2. The first-order valence-corrected chi connectivity index (χ1v) is 7.84. The van der Waals surface area contributed by atoms with Gasteiger partial charge in [-0.2, -0.15) is 18.4 Å². The molecule has 0 radical (unpaired) electrons. The number of non-ortho nitro benzene ring substituents is 1. The number of rotatable bonds is 6. The Morgan fingerprint density at radius 3 is 2.52 bits per heavy atom. The van der Waals surface area contributed by atoms with E-state index in [9.17, 15) is 33.3 Å². The molecule has 2 rings (SSSR count). The summed E-state index contributed by atoms with van der Waals surface area (Å²) >= 11 is 0. The van der Waals surface area contributed by atoms with Crippen molar-refractivity contribution < 1.29 is 27.6 Å². The molecule has 0 heterocycles. The topological polar surface area (TPSA) is 117 Å². The number of alkyl halides is 3. The molecule has 0 fully saturated rings. The average molecular weight is 406 g/mol. The zero-order chi connectivity index (χ0) is 21.6. The fourth-order valence-corrected chi connectivity index (χ4v) is 2.25. The lowest BCUT2D eigenvalue weighted by atomic mass is 10.1. The summed E-state index contributed by atoms with van der Waals surface area (Å²) in [5.41, 5.74) is -2.34. The number of amides is 1. The molecule has 0 atom stereocenters. The minimum Gasteiger partial charge on any atom is -0.495 e. The first-order valence-electron chi connectivity index (χ1n) is 7.84. The average Bonchev–Trinajstić information content (AvgIpc) is 2.67. The van der Waals surface area contributed by atoms with Gasteiger partial charge in [0.15, 0.2) is 0 Å². The van der Waals surface area contributed by atoms with E-state index in [2.05, 4.69) is 5.32 Å². The third kappa shape index (κ3) is 5.23. The van der Waals surface area contributed by atoms with Crippen molar-refractivity contribution in [3.8, 4) is 11.8 Å². The van der Waals surface area contributed by atoms with Gasteiger partial charge in [-0.3, -0.25) is 14.9 Å². The van der Waals surface area contributed by atoms with Gasteiger partial charge in [0.2, 0.25) is 0 Å². The summed E-state index contributed by atoms with van der Waals surface area (Å²) in [6, 6.07) is 9.47. The van der Waals surface area contributed by atoms with Crippen molar-refractivity contribution in [2.45, 2.75) is 6.18 Å². The van der Waals surface area contributed by atoms with E-state index in [0.717, 1.165) is 30.5 Å². The molecule has 29 heavy (non-hydrogen) atoms. The molecule has 0 aromatic heterocycles. The Morgan fingerprint density at radius 1 is 1.24 bits per heavy atom. The van der Waals surface area contributed by atoms with Crippen LogP contribution in [0.2, 0.25) is 0 Å². The van der Waals surface area contributed by atoms with Gasteiger partial charge in [0.05, 0.1) is 29.0 Å². The van der Waals surface area contributed by atoms with Crippen LogP contribution in [-0.2, 0) is 11.0 Å². The second-order valence-electron chi connectivity index (χ2n) is 5.45. The van der Waals surface area contributed by atoms with E-state index in [1.807, 2.05) is 5.32 Å². The lowest BCUT2D eigenvalue weighted by molar-refractivity contribution is -0.384. The Hall–Kier alpha value is -4.07. The number of ether oxygens (including phenoxy) is 1. The molecule has 0 aliphatic heterocycles. The predicted molar refractivity (Wildman–Crippen MR) is 97.0 cm³/mol. The van der Waals surface area contributed by atoms with Gasteiger partial charge < -0.3 is 15.4 Å². The maximum absolute atomic E-state index is 13.0. The van der Waals surface area contributed by atoms with E-state index >= 15 is 0 Å². The molecular weight excluding hydrogens is 393 g/mol. The van der Waals surface area contributed by atoms with Gasteiger partial charge >= 0.3 is 6.18 Å². The Balaban J connectivity index is 2.28. The van der Waals surface area contributed by atoms with Crippen LogP contribution >= 0.6 is 0 Å². The molecule has 150 valence electrons. The van der Waals surface area contributed by atoms with Gasteiger partial charge in [0, 0.05) is 18.3 Å². The number of carbonyl (C=O) groups excluding carboxylic acids is 1. The van der Waals surface area contributed by atoms with Gasteiger partial charge in [-0.15, -0.1) is 0 Å². The Morgan fingerprint density at radius 2 is 1.93 bits per heavy atom. The molecule has 0 aliphatic carbocycles. The summed E-state index contributed by atoms with van der Waals surface area (Å²) in [5, 5.41) is 24.6. The second kappa shape index (κ2) is 8.75. The number of hydrogen-bond acceptors (Lipinski definition) is 6. The van der Waals surface area contributed by atoms with Crippen molar-refractivity contribution in [3.63, 3.8) is 0 Å². The van der Waals surface area contributed by atoms with Crippen LogP contribution in [-0.4, -0.2) is 17.9 Å². The van der Waals surface area contributed by atoms with E-state index < -0.39 is 33.8 Å². The molecule has 0 unspecified atom stereocenters. The van der Waals surface area contributed by atoms with Crippen LogP contribution in [0.4, 0.5) is 30.2 Å². The Labute approximate surface area is 162 Å². The number of hydrogen-bond donors (Lipinski definition) is 2. The molecule has 2 aromatic rings. The van der Waals surface area contributed by atoms with Gasteiger partial charge in [0.25, 0.3) is 11.6 Å². The number of benzene rings is 2. The van der Waals surface area contributed by atoms with E-state index in [-0.39, 0.29) is 17.1 Å². The zero-order valence-corrected chi connectivity index (χ0v) is 14.8. The van der Waals surface area contributed by atoms with E-state index in [1.165, 1.54) is 25.3 Å². The fraction of sp³-hybridized carbons (Fsp3) is 0.111. The van der Waals surface area contributed by atoms with Crippen LogP contribution < -0.4 is 15.4 Å². The van der Waals surface area contributed by atoms with E-state index in [0.29, 0.717) is 0 Å². The van der Waals surface area contributed by atoms with Crippen molar-refractivity contribution in [1.29, 1.82) is 5.26 Å². The molecular formula is C18H13F3N4O4. The minimum atomic E-state index is -4.70. The molecule has 0 saturated heterocycles. The summed E-state index contributed by atoms with van der Waals surface area (Å²) in [4.78, 5) is 22.5. The van der Waals surface area contributed by atoms with Crippen LogP contribution in [0, 0.1) is 21.4 Å². The first kappa shape index (κ1) is 21.2. The highest BCUT2D eigenvalue weighted by molar-refractivity contribution is 6.07. The second-order valence-corrected chi connectivity index (χ2v) is 5.45. The Bertz CT molecular complexity index is 1010. The van der Waals surface area contributed by atoms with Crippen molar-refractivity contribution >= 4 is 23.0 Å². The summed E-state index contributed by atoms with van der Waals surface area (Å²) in [6.07, 6.45) is -3.79. The number of nitrogens with zero attached hydrogens (tertiary/aromatic N) is 2. The summed E-state index contributed by atoms with van der Waals surface area (Å²) in [7, 11) is 1.31. The maximum Gasteiger partial charge on any atom is 0.418 e. The lowest BCUT2D eigenvalue weighted by Crippen LogP contribution is -2.18. The highest BCUT2D eigenvalue weighted by atomic mass is 19.4. The number of nitro benzene ring substituents is 1. The van der Waals surface area contributed by atoms with E-state index in [4.69, 9.17) is 4.74 Å². The summed E-state index contributed by atoms with van der Waals surface area (Å²) < 4.78 is 44.1. The largest absolute Gasteiger partial charge is 0.495 e. The SMILES string of the molecule is COc1ccc([N+](=O)[O-])cc1N/C=C(/C#N)C(=O)Nc1ccccc1C(F)(F)F.